The molecule has 1 aliphatic rings. The molecule has 1 aliphatic heterocycles. The predicted octanol–water partition coefficient (Wildman–Crippen LogP) is 2.30. The molecule has 24 heavy (non-hydrogen) atoms. The maximum absolute atomic E-state index is 12.2. The van der Waals surface area contributed by atoms with E-state index in [0.29, 0.717) is 17.7 Å². The molecular weight excluding hydrogens is 322 g/mol. The summed E-state index contributed by atoms with van der Waals surface area (Å²) in [6.07, 6.45) is 0. The average molecular weight is 345 g/mol. The quantitative estimate of drug-likeness (QED) is 0.921. The van der Waals surface area contributed by atoms with Crippen LogP contribution in [0.2, 0.25) is 0 Å². The molecule has 0 radical (unpaired) electrons. The van der Waals surface area contributed by atoms with Crippen LogP contribution in [0.25, 0.3) is 0 Å². The number of carbonyl (C=O) groups excluding carboxylic acids is 1. The molecular formula is C17H23N5OS. The number of hydrogen-bond acceptors (Lipinski definition) is 6. The van der Waals surface area contributed by atoms with Gasteiger partial charge in [-0.1, -0.05) is 29.0 Å². The summed E-state index contributed by atoms with van der Waals surface area (Å²) in [7, 11) is 0. The first kappa shape index (κ1) is 16.9. The normalized spacial score (nSPS) is 18.6. The van der Waals surface area contributed by atoms with E-state index in [4.69, 9.17) is 0 Å². The first-order valence-corrected chi connectivity index (χ1v) is 8.98. The van der Waals surface area contributed by atoms with Crippen LogP contribution in [0.4, 0.5) is 10.8 Å². The average Bonchev–Trinajstić information content (AvgIpc) is 2.93. The summed E-state index contributed by atoms with van der Waals surface area (Å²) in [4.78, 5) is 16.8. The highest BCUT2D eigenvalue weighted by Gasteiger charge is 2.25. The van der Waals surface area contributed by atoms with E-state index in [0.717, 1.165) is 24.6 Å². The van der Waals surface area contributed by atoms with Gasteiger partial charge < -0.3 is 4.90 Å². The molecule has 6 nitrogen and oxygen atoms in total. The van der Waals surface area contributed by atoms with Crippen molar-refractivity contribution in [3.63, 3.8) is 0 Å². The van der Waals surface area contributed by atoms with Crippen LogP contribution < -0.4 is 10.2 Å². The maximum atomic E-state index is 12.2. The van der Waals surface area contributed by atoms with E-state index < -0.39 is 0 Å². The number of hydrogen-bond donors (Lipinski definition) is 1. The van der Waals surface area contributed by atoms with Crippen LogP contribution in [-0.2, 0) is 4.79 Å². The van der Waals surface area contributed by atoms with Crippen molar-refractivity contribution < 1.29 is 4.79 Å². The molecule has 1 amide bonds. The zero-order valence-electron chi connectivity index (χ0n) is 14.3. The first-order chi connectivity index (χ1) is 11.5. The molecule has 1 unspecified atom stereocenters. The molecule has 1 atom stereocenters. The molecule has 0 spiro atoms. The molecule has 1 saturated heterocycles. The van der Waals surface area contributed by atoms with Crippen LogP contribution in [0.3, 0.4) is 0 Å². The van der Waals surface area contributed by atoms with Gasteiger partial charge in [-0.3, -0.25) is 15.0 Å². The minimum atomic E-state index is -0.0258. The maximum Gasteiger partial charge on any atom is 0.240 e. The Morgan fingerprint density at radius 3 is 2.62 bits per heavy atom. The van der Waals surface area contributed by atoms with Gasteiger partial charge in [-0.15, -0.1) is 10.2 Å². The Bertz CT molecular complexity index is 699. The van der Waals surface area contributed by atoms with Gasteiger partial charge in [-0.2, -0.15) is 0 Å². The second-order valence-corrected chi connectivity index (χ2v) is 7.47. The van der Waals surface area contributed by atoms with Gasteiger partial charge in [0, 0.05) is 31.4 Å². The number of anilines is 2. The number of benzene rings is 1. The molecule has 1 aromatic heterocycles. The highest BCUT2D eigenvalue weighted by atomic mass is 32.1. The summed E-state index contributed by atoms with van der Waals surface area (Å²) < 4.78 is 0. The molecule has 2 heterocycles. The molecule has 2 aromatic rings. The van der Waals surface area contributed by atoms with Crippen LogP contribution in [0, 0.1) is 13.8 Å². The summed E-state index contributed by atoms with van der Waals surface area (Å²) in [6, 6.07) is 9.01. The van der Waals surface area contributed by atoms with Crippen molar-refractivity contribution in [2.24, 2.45) is 0 Å². The standard InChI is InChI=1S/C17H23N5OS/c1-12-4-6-15(7-5-12)22-9-8-21(10-13(22)2)11-16(23)18-17-20-19-14(3)24-17/h4-7,13H,8-11H2,1-3H3,(H,18,20,23). The van der Waals surface area contributed by atoms with E-state index in [2.05, 4.69) is 63.4 Å². The van der Waals surface area contributed by atoms with Crippen molar-refractivity contribution in [3.8, 4) is 0 Å². The largest absolute Gasteiger partial charge is 0.366 e. The van der Waals surface area contributed by atoms with Gasteiger partial charge in [0.25, 0.3) is 0 Å². The van der Waals surface area contributed by atoms with Crippen LogP contribution in [-0.4, -0.2) is 53.2 Å². The highest BCUT2D eigenvalue weighted by Crippen LogP contribution is 2.21. The van der Waals surface area contributed by atoms with Crippen LogP contribution in [0.15, 0.2) is 24.3 Å². The number of aromatic nitrogens is 2. The van der Waals surface area contributed by atoms with Crippen molar-refractivity contribution in [1.29, 1.82) is 0 Å². The molecule has 1 aromatic carbocycles. The van der Waals surface area contributed by atoms with Crippen molar-refractivity contribution in [1.82, 2.24) is 15.1 Å². The molecule has 128 valence electrons. The second-order valence-electron chi connectivity index (χ2n) is 6.29. The van der Waals surface area contributed by atoms with Crippen molar-refractivity contribution >= 4 is 28.1 Å². The van der Waals surface area contributed by atoms with E-state index in [1.54, 1.807) is 0 Å². The van der Waals surface area contributed by atoms with Crippen molar-refractivity contribution in [2.45, 2.75) is 26.8 Å². The van der Waals surface area contributed by atoms with E-state index in [1.165, 1.54) is 22.6 Å². The Morgan fingerprint density at radius 2 is 2.00 bits per heavy atom. The number of amides is 1. The van der Waals surface area contributed by atoms with Gasteiger partial charge in [0.1, 0.15) is 5.01 Å². The molecule has 0 aliphatic carbocycles. The van der Waals surface area contributed by atoms with E-state index in [9.17, 15) is 4.79 Å². The summed E-state index contributed by atoms with van der Waals surface area (Å²) in [6.45, 7) is 9.25. The zero-order valence-corrected chi connectivity index (χ0v) is 15.1. The lowest BCUT2D eigenvalue weighted by Crippen LogP contribution is -2.53. The summed E-state index contributed by atoms with van der Waals surface area (Å²) in [5.74, 6) is -0.0258. The van der Waals surface area contributed by atoms with Crippen LogP contribution >= 0.6 is 11.3 Å². The lowest BCUT2D eigenvalue weighted by atomic mass is 10.1. The third-order valence-electron chi connectivity index (χ3n) is 4.22. The molecule has 7 heteroatoms. The third-order valence-corrected chi connectivity index (χ3v) is 4.97. The van der Waals surface area contributed by atoms with Gasteiger partial charge in [0.05, 0.1) is 6.54 Å². The summed E-state index contributed by atoms with van der Waals surface area (Å²) in [5, 5.41) is 12.1. The Balaban J connectivity index is 1.53. The fourth-order valence-corrected chi connectivity index (χ4v) is 3.61. The van der Waals surface area contributed by atoms with Crippen molar-refractivity contribution in [2.75, 3.05) is 36.4 Å². The van der Waals surface area contributed by atoms with Crippen LogP contribution in [0.1, 0.15) is 17.5 Å². The summed E-state index contributed by atoms with van der Waals surface area (Å²) >= 11 is 1.40. The lowest BCUT2D eigenvalue weighted by Gasteiger charge is -2.41. The number of piperazine rings is 1. The first-order valence-electron chi connectivity index (χ1n) is 8.17. The van der Waals surface area contributed by atoms with Crippen molar-refractivity contribution in [3.05, 3.63) is 34.8 Å². The Morgan fingerprint density at radius 1 is 1.25 bits per heavy atom. The van der Waals surface area contributed by atoms with E-state index in [1.807, 2.05) is 6.92 Å². The fourth-order valence-electron chi connectivity index (χ4n) is 3.01. The number of rotatable bonds is 4. The monoisotopic (exact) mass is 345 g/mol. The molecule has 3 rings (SSSR count). The minimum absolute atomic E-state index is 0.0258. The molecule has 0 bridgehead atoms. The predicted molar refractivity (Wildman–Crippen MR) is 97.7 cm³/mol. The number of aryl methyl sites for hydroxylation is 2. The molecule has 0 saturated carbocycles. The molecule has 1 N–H and O–H groups in total. The van der Waals surface area contributed by atoms with Gasteiger partial charge in [0.15, 0.2) is 0 Å². The van der Waals surface area contributed by atoms with E-state index >= 15 is 0 Å². The zero-order chi connectivity index (χ0) is 17.1. The van der Waals surface area contributed by atoms with Gasteiger partial charge in [0.2, 0.25) is 11.0 Å². The fraction of sp³-hybridized carbons (Fsp3) is 0.471. The number of nitrogens with zero attached hydrogens (tertiary/aromatic N) is 4. The van der Waals surface area contributed by atoms with Gasteiger partial charge in [-0.05, 0) is 32.9 Å². The lowest BCUT2D eigenvalue weighted by molar-refractivity contribution is -0.117. The van der Waals surface area contributed by atoms with Gasteiger partial charge in [-0.25, -0.2) is 0 Å². The minimum Gasteiger partial charge on any atom is -0.366 e. The SMILES string of the molecule is Cc1ccc(N2CCN(CC(=O)Nc3nnc(C)s3)CC2C)cc1. The Hall–Kier alpha value is -1.99. The van der Waals surface area contributed by atoms with E-state index in [-0.39, 0.29) is 5.91 Å². The van der Waals surface area contributed by atoms with Gasteiger partial charge >= 0.3 is 0 Å². The second kappa shape index (κ2) is 7.27. The van der Waals surface area contributed by atoms with Crippen LogP contribution in [0.5, 0.6) is 0 Å². The number of nitrogens with one attached hydrogen (secondary N) is 1. The number of carbonyl (C=O) groups is 1. The topological polar surface area (TPSA) is 61.4 Å². The third kappa shape index (κ3) is 4.10. The smallest absolute Gasteiger partial charge is 0.240 e. The highest BCUT2D eigenvalue weighted by molar-refractivity contribution is 7.15. The Kier molecular flexibility index (Phi) is 5.11. The Labute approximate surface area is 146 Å². The summed E-state index contributed by atoms with van der Waals surface area (Å²) in [5.41, 5.74) is 2.52. The molecule has 1 fully saturated rings.